The number of halogens is 1. The van der Waals surface area contributed by atoms with E-state index in [1.54, 1.807) is 0 Å². The number of carbonyl (C=O) groups is 1. The molecule has 0 bridgehead atoms. The minimum Gasteiger partial charge on any atom is -0.317 e. The first-order valence-electron chi connectivity index (χ1n) is 6.30. The maximum Gasteiger partial charge on any atom is 0.231 e. The van der Waals surface area contributed by atoms with Crippen molar-refractivity contribution in [1.82, 2.24) is 10.3 Å². The second-order valence-electron chi connectivity index (χ2n) is 4.70. The molecule has 0 aromatic carbocycles. The van der Waals surface area contributed by atoms with E-state index in [1.807, 2.05) is 6.92 Å². The molecule has 1 aromatic rings. The Bertz CT molecular complexity index is 413. The molecule has 98 valence electrons. The molecule has 4 nitrogen and oxygen atoms in total. The molecule has 0 atom stereocenters. The highest BCUT2D eigenvalue weighted by Gasteiger charge is 2.37. The highest BCUT2D eigenvalue weighted by molar-refractivity contribution is 5.94. The standard InChI is InChI=1S/C13H18FN3O/c1-2-13(5-7-15-8-6-13)12(18)17-11-4-3-10(14)9-16-11/h3-4,9,15H,2,5-8H2,1H3,(H,16,17,18). The van der Waals surface area contributed by atoms with E-state index in [9.17, 15) is 9.18 Å². The third kappa shape index (κ3) is 2.67. The molecular weight excluding hydrogens is 233 g/mol. The molecular formula is C13H18FN3O. The molecule has 0 spiro atoms. The van der Waals surface area contributed by atoms with Gasteiger partial charge in [0.2, 0.25) is 5.91 Å². The van der Waals surface area contributed by atoms with Gasteiger partial charge in [-0.2, -0.15) is 0 Å². The van der Waals surface area contributed by atoms with Gasteiger partial charge in [0.15, 0.2) is 0 Å². The average Bonchev–Trinajstić information content (AvgIpc) is 2.42. The van der Waals surface area contributed by atoms with Crippen molar-refractivity contribution in [3.05, 3.63) is 24.1 Å². The van der Waals surface area contributed by atoms with E-state index in [0.29, 0.717) is 5.82 Å². The van der Waals surface area contributed by atoms with Gasteiger partial charge in [0, 0.05) is 0 Å². The molecule has 1 aromatic heterocycles. The predicted octanol–water partition coefficient (Wildman–Crippen LogP) is 1.94. The minimum absolute atomic E-state index is 0.00870. The van der Waals surface area contributed by atoms with E-state index in [0.717, 1.165) is 38.5 Å². The fourth-order valence-corrected chi connectivity index (χ4v) is 2.35. The van der Waals surface area contributed by atoms with Crippen LogP contribution in [0.5, 0.6) is 0 Å². The predicted molar refractivity (Wildman–Crippen MR) is 67.7 cm³/mol. The van der Waals surface area contributed by atoms with Crippen LogP contribution >= 0.6 is 0 Å². The van der Waals surface area contributed by atoms with Crippen LogP contribution < -0.4 is 10.6 Å². The number of nitrogens with zero attached hydrogens (tertiary/aromatic N) is 1. The summed E-state index contributed by atoms with van der Waals surface area (Å²) in [6, 6.07) is 2.78. The van der Waals surface area contributed by atoms with Crippen molar-refractivity contribution in [1.29, 1.82) is 0 Å². The first kappa shape index (κ1) is 13.0. The Morgan fingerprint density at radius 1 is 1.50 bits per heavy atom. The van der Waals surface area contributed by atoms with Gasteiger partial charge in [-0.15, -0.1) is 0 Å². The Morgan fingerprint density at radius 3 is 2.78 bits per heavy atom. The van der Waals surface area contributed by atoms with Crippen molar-refractivity contribution in [2.45, 2.75) is 26.2 Å². The van der Waals surface area contributed by atoms with Gasteiger partial charge < -0.3 is 10.6 Å². The fraction of sp³-hybridized carbons (Fsp3) is 0.538. The molecule has 0 radical (unpaired) electrons. The lowest BCUT2D eigenvalue weighted by molar-refractivity contribution is -0.127. The SMILES string of the molecule is CCC1(C(=O)Nc2ccc(F)cn2)CCNCC1. The van der Waals surface area contributed by atoms with Crippen molar-refractivity contribution in [2.75, 3.05) is 18.4 Å². The summed E-state index contributed by atoms with van der Waals surface area (Å²) >= 11 is 0. The van der Waals surface area contributed by atoms with Crippen LogP contribution in [-0.4, -0.2) is 24.0 Å². The molecule has 1 amide bonds. The van der Waals surface area contributed by atoms with E-state index in [1.165, 1.54) is 12.1 Å². The Morgan fingerprint density at radius 2 is 2.22 bits per heavy atom. The normalized spacial score (nSPS) is 18.3. The lowest BCUT2D eigenvalue weighted by Gasteiger charge is -2.35. The zero-order valence-corrected chi connectivity index (χ0v) is 10.5. The first-order valence-corrected chi connectivity index (χ1v) is 6.30. The van der Waals surface area contributed by atoms with Gasteiger partial charge in [-0.1, -0.05) is 6.92 Å². The summed E-state index contributed by atoms with van der Waals surface area (Å²) in [5.74, 6) is -0.00145. The molecule has 0 unspecified atom stereocenters. The van der Waals surface area contributed by atoms with Gasteiger partial charge in [-0.25, -0.2) is 9.37 Å². The number of hydrogen-bond acceptors (Lipinski definition) is 3. The van der Waals surface area contributed by atoms with Gasteiger partial charge in [0.1, 0.15) is 11.6 Å². The topological polar surface area (TPSA) is 54.0 Å². The van der Waals surface area contributed by atoms with Gasteiger partial charge in [0.05, 0.1) is 11.6 Å². The highest BCUT2D eigenvalue weighted by Crippen LogP contribution is 2.33. The highest BCUT2D eigenvalue weighted by atomic mass is 19.1. The van der Waals surface area contributed by atoms with Gasteiger partial charge >= 0.3 is 0 Å². The smallest absolute Gasteiger partial charge is 0.231 e. The Kier molecular flexibility index (Phi) is 3.91. The van der Waals surface area contributed by atoms with Crippen LogP contribution in [0.25, 0.3) is 0 Å². The molecule has 5 heteroatoms. The molecule has 2 rings (SSSR count). The molecule has 1 saturated heterocycles. The number of pyridine rings is 1. The summed E-state index contributed by atoms with van der Waals surface area (Å²) in [7, 11) is 0. The number of aromatic nitrogens is 1. The second kappa shape index (κ2) is 5.44. The molecule has 18 heavy (non-hydrogen) atoms. The number of anilines is 1. The zero-order valence-electron chi connectivity index (χ0n) is 10.5. The Balaban J connectivity index is 2.07. The molecule has 2 heterocycles. The van der Waals surface area contributed by atoms with Crippen molar-refractivity contribution in [3.8, 4) is 0 Å². The summed E-state index contributed by atoms with van der Waals surface area (Å²) in [4.78, 5) is 16.2. The average molecular weight is 251 g/mol. The first-order chi connectivity index (χ1) is 8.66. The number of piperidine rings is 1. The molecule has 0 saturated carbocycles. The van der Waals surface area contributed by atoms with Crippen molar-refractivity contribution < 1.29 is 9.18 Å². The van der Waals surface area contributed by atoms with Crippen molar-refractivity contribution in [2.24, 2.45) is 5.41 Å². The summed E-state index contributed by atoms with van der Waals surface area (Å²) in [6.45, 7) is 3.75. The van der Waals surface area contributed by atoms with Gasteiger partial charge in [-0.3, -0.25) is 4.79 Å². The van der Waals surface area contributed by atoms with Crippen LogP contribution in [0.1, 0.15) is 26.2 Å². The quantitative estimate of drug-likeness (QED) is 0.863. The van der Waals surface area contributed by atoms with E-state index in [2.05, 4.69) is 15.6 Å². The number of nitrogens with one attached hydrogen (secondary N) is 2. The monoisotopic (exact) mass is 251 g/mol. The van der Waals surface area contributed by atoms with E-state index in [4.69, 9.17) is 0 Å². The maximum absolute atomic E-state index is 12.7. The van der Waals surface area contributed by atoms with Gasteiger partial charge in [0.25, 0.3) is 0 Å². The largest absolute Gasteiger partial charge is 0.317 e. The second-order valence-corrected chi connectivity index (χ2v) is 4.70. The van der Waals surface area contributed by atoms with Crippen molar-refractivity contribution >= 4 is 11.7 Å². The fourth-order valence-electron chi connectivity index (χ4n) is 2.35. The molecule has 1 fully saturated rings. The van der Waals surface area contributed by atoms with E-state index >= 15 is 0 Å². The Hall–Kier alpha value is -1.49. The molecule has 1 aliphatic heterocycles. The zero-order chi connectivity index (χ0) is 13.0. The molecule has 0 aliphatic carbocycles. The van der Waals surface area contributed by atoms with Crippen molar-refractivity contribution in [3.63, 3.8) is 0 Å². The van der Waals surface area contributed by atoms with Crippen LogP contribution in [0, 0.1) is 11.2 Å². The number of hydrogen-bond donors (Lipinski definition) is 2. The minimum atomic E-state index is -0.403. The number of rotatable bonds is 3. The maximum atomic E-state index is 12.7. The van der Waals surface area contributed by atoms with Crippen LogP contribution in [0.3, 0.4) is 0 Å². The van der Waals surface area contributed by atoms with E-state index in [-0.39, 0.29) is 11.3 Å². The third-order valence-electron chi connectivity index (χ3n) is 3.69. The molecule has 2 N–H and O–H groups in total. The van der Waals surface area contributed by atoms with Crippen LogP contribution in [-0.2, 0) is 4.79 Å². The summed E-state index contributed by atoms with van der Waals surface area (Å²) in [5.41, 5.74) is -0.318. The van der Waals surface area contributed by atoms with Crippen LogP contribution in [0.2, 0.25) is 0 Å². The summed E-state index contributed by atoms with van der Waals surface area (Å²) in [6.07, 6.45) is 3.57. The van der Waals surface area contributed by atoms with Gasteiger partial charge in [-0.05, 0) is 44.5 Å². The van der Waals surface area contributed by atoms with Crippen LogP contribution in [0.15, 0.2) is 18.3 Å². The van der Waals surface area contributed by atoms with Crippen LogP contribution in [0.4, 0.5) is 10.2 Å². The summed E-state index contributed by atoms with van der Waals surface area (Å²) in [5, 5.41) is 6.04. The number of carbonyl (C=O) groups excluding carboxylic acids is 1. The lowest BCUT2D eigenvalue weighted by Crippen LogP contribution is -2.44. The Labute approximate surface area is 106 Å². The summed E-state index contributed by atoms with van der Waals surface area (Å²) < 4.78 is 12.7. The number of amides is 1. The third-order valence-corrected chi connectivity index (χ3v) is 3.69. The van der Waals surface area contributed by atoms with E-state index < -0.39 is 5.82 Å². The molecule has 1 aliphatic rings. The lowest BCUT2D eigenvalue weighted by atomic mass is 9.76.